The smallest absolute Gasteiger partial charge is 0.170 e. The molecule has 0 aliphatic rings. The van der Waals surface area contributed by atoms with Crippen molar-refractivity contribution in [3.05, 3.63) is 59.9 Å². The molecule has 21 heavy (non-hydrogen) atoms. The Balaban J connectivity index is 1.86. The average molecular weight is 290 g/mol. The van der Waals surface area contributed by atoms with Crippen LogP contribution >= 0.6 is 0 Å². The largest absolute Gasteiger partial charge is 0.490 e. The van der Waals surface area contributed by atoms with Gasteiger partial charge in [-0.2, -0.15) is 0 Å². The van der Waals surface area contributed by atoms with Crippen LogP contribution in [0.25, 0.3) is 0 Å². The summed E-state index contributed by atoms with van der Waals surface area (Å²) in [6, 6.07) is 13.3. The molecule has 0 radical (unpaired) electrons. The molecule has 2 rings (SSSR count). The highest BCUT2D eigenvalue weighted by Crippen LogP contribution is 2.18. The van der Waals surface area contributed by atoms with Crippen LogP contribution in [0.1, 0.15) is 5.56 Å². The molecule has 0 saturated carbocycles. The quantitative estimate of drug-likeness (QED) is 0.281. The molecule has 6 heteroatoms. The molecular formula is C15H15FN2O3. The molecule has 5 nitrogen and oxygen atoms in total. The number of ether oxygens (including phenoxy) is 2. The molecular weight excluding hydrogens is 275 g/mol. The van der Waals surface area contributed by atoms with Crippen LogP contribution < -0.4 is 15.2 Å². The van der Waals surface area contributed by atoms with E-state index in [4.69, 9.17) is 20.4 Å². The van der Waals surface area contributed by atoms with Gasteiger partial charge in [-0.1, -0.05) is 23.4 Å². The van der Waals surface area contributed by atoms with E-state index in [0.29, 0.717) is 6.61 Å². The van der Waals surface area contributed by atoms with E-state index in [-0.39, 0.29) is 23.8 Å². The lowest BCUT2D eigenvalue weighted by Crippen LogP contribution is -2.14. The number of benzene rings is 2. The Morgan fingerprint density at radius 3 is 2.48 bits per heavy atom. The van der Waals surface area contributed by atoms with Gasteiger partial charge >= 0.3 is 0 Å². The van der Waals surface area contributed by atoms with Crippen LogP contribution in [0.3, 0.4) is 0 Å². The Bertz CT molecular complexity index is 618. The average Bonchev–Trinajstić information content (AvgIpc) is 2.53. The van der Waals surface area contributed by atoms with Crippen LogP contribution in [-0.4, -0.2) is 24.3 Å². The van der Waals surface area contributed by atoms with Crippen molar-refractivity contribution in [3.63, 3.8) is 0 Å². The van der Waals surface area contributed by atoms with E-state index in [1.807, 2.05) is 30.3 Å². The standard InChI is InChI=1S/C15H15FN2O3/c16-13-10-11(15(17)18-19)6-7-14(13)21-9-8-20-12-4-2-1-3-5-12/h1-7,10,19H,8-9H2,(H2,17,18). The Morgan fingerprint density at radius 1 is 1.10 bits per heavy atom. The van der Waals surface area contributed by atoms with E-state index in [9.17, 15) is 4.39 Å². The second-order valence-corrected chi connectivity index (χ2v) is 4.14. The van der Waals surface area contributed by atoms with Gasteiger partial charge in [0.2, 0.25) is 0 Å². The summed E-state index contributed by atoms with van der Waals surface area (Å²) in [5.41, 5.74) is 5.65. The minimum Gasteiger partial charge on any atom is -0.490 e. The van der Waals surface area contributed by atoms with E-state index in [2.05, 4.69) is 5.16 Å². The lowest BCUT2D eigenvalue weighted by Gasteiger charge is -2.09. The monoisotopic (exact) mass is 290 g/mol. The van der Waals surface area contributed by atoms with Crippen LogP contribution in [0.5, 0.6) is 11.5 Å². The second kappa shape index (κ2) is 7.14. The van der Waals surface area contributed by atoms with Crippen molar-refractivity contribution < 1.29 is 19.1 Å². The van der Waals surface area contributed by atoms with Gasteiger partial charge in [-0.15, -0.1) is 0 Å². The Morgan fingerprint density at radius 2 is 1.81 bits per heavy atom. The minimum atomic E-state index is -0.584. The number of rotatable bonds is 6. The van der Waals surface area contributed by atoms with Crippen molar-refractivity contribution in [2.75, 3.05) is 13.2 Å². The molecule has 2 aromatic carbocycles. The Kier molecular flexibility index (Phi) is 4.98. The van der Waals surface area contributed by atoms with Gasteiger partial charge in [0.1, 0.15) is 19.0 Å². The molecule has 3 N–H and O–H groups in total. The number of amidine groups is 1. The third kappa shape index (κ3) is 4.10. The Labute approximate surface area is 121 Å². The first kappa shape index (κ1) is 14.6. The molecule has 0 unspecified atom stereocenters. The predicted octanol–water partition coefficient (Wildman–Crippen LogP) is 2.38. The van der Waals surface area contributed by atoms with Crippen molar-refractivity contribution in [2.45, 2.75) is 0 Å². The molecule has 0 amide bonds. The zero-order chi connectivity index (χ0) is 15.1. The minimum absolute atomic E-state index is 0.0844. The first-order valence-corrected chi connectivity index (χ1v) is 6.29. The normalized spacial score (nSPS) is 11.2. The third-order valence-electron chi connectivity index (χ3n) is 2.69. The summed E-state index contributed by atoms with van der Waals surface area (Å²) in [7, 11) is 0. The molecule has 0 aliphatic heterocycles. The summed E-state index contributed by atoms with van der Waals surface area (Å²) in [5.74, 6) is 0.0664. The molecule has 0 bridgehead atoms. The fraction of sp³-hybridized carbons (Fsp3) is 0.133. The molecule has 0 atom stereocenters. The van der Waals surface area contributed by atoms with Gasteiger partial charge < -0.3 is 20.4 Å². The van der Waals surface area contributed by atoms with E-state index in [1.165, 1.54) is 12.1 Å². The SMILES string of the molecule is N/C(=N\O)c1ccc(OCCOc2ccccc2)c(F)c1. The van der Waals surface area contributed by atoms with Gasteiger partial charge in [-0.05, 0) is 30.3 Å². The fourth-order valence-electron chi connectivity index (χ4n) is 1.66. The first-order chi connectivity index (χ1) is 10.2. The first-order valence-electron chi connectivity index (χ1n) is 6.29. The molecule has 0 fully saturated rings. The van der Waals surface area contributed by atoms with Crippen LogP contribution in [0.15, 0.2) is 53.7 Å². The van der Waals surface area contributed by atoms with E-state index >= 15 is 0 Å². The summed E-state index contributed by atoms with van der Waals surface area (Å²) >= 11 is 0. The van der Waals surface area contributed by atoms with E-state index in [1.54, 1.807) is 0 Å². The Hall–Kier alpha value is -2.76. The number of nitrogens with zero attached hydrogens (tertiary/aromatic N) is 1. The third-order valence-corrected chi connectivity index (χ3v) is 2.69. The predicted molar refractivity (Wildman–Crippen MR) is 76.3 cm³/mol. The van der Waals surface area contributed by atoms with Crippen molar-refractivity contribution in [2.24, 2.45) is 10.9 Å². The number of halogens is 1. The van der Waals surface area contributed by atoms with Crippen LogP contribution in [-0.2, 0) is 0 Å². The number of nitrogens with two attached hydrogens (primary N) is 1. The van der Waals surface area contributed by atoms with Gasteiger partial charge in [0.15, 0.2) is 17.4 Å². The number of hydrogen-bond acceptors (Lipinski definition) is 4. The molecule has 2 aromatic rings. The molecule has 0 aliphatic carbocycles. The summed E-state index contributed by atoms with van der Waals surface area (Å²) in [5, 5.41) is 11.3. The fourth-order valence-corrected chi connectivity index (χ4v) is 1.66. The number of hydrogen-bond donors (Lipinski definition) is 2. The lowest BCUT2D eigenvalue weighted by molar-refractivity contribution is 0.211. The number of para-hydroxylation sites is 1. The molecule has 0 spiro atoms. The van der Waals surface area contributed by atoms with Gasteiger partial charge in [-0.3, -0.25) is 0 Å². The highest BCUT2D eigenvalue weighted by Gasteiger charge is 2.07. The van der Waals surface area contributed by atoms with E-state index in [0.717, 1.165) is 11.8 Å². The van der Waals surface area contributed by atoms with Crippen LogP contribution in [0.4, 0.5) is 4.39 Å². The second-order valence-electron chi connectivity index (χ2n) is 4.14. The van der Waals surface area contributed by atoms with Gasteiger partial charge in [0.05, 0.1) is 0 Å². The highest BCUT2D eigenvalue weighted by atomic mass is 19.1. The molecule has 0 aromatic heterocycles. The lowest BCUT2D eigenvalue weighted by atomic mass is 10.2. The maximum atomic E-state index is 13.7. The summed E-state index contributed by atoms with van der Waals surface area (Å²) in [6.07, 6.45) is 0. The maximum Gasteiger partial charge on any atom is 0.170 e. The summed E-state index contributed by atoms with van der Waals surface area (Å²) in [6.45, 7) is 0.500. The van der Waals surface area contributed by atoms with Crippen LogP contribution in [0, 0.1) is 5.82 Å². The summed E-state index contributed by atoms with van der Waals surface area (Å²) < 4.78 is 24.5. The van der Waals surface area contributed by atoms with Crippen molar-refractivity contribution in [3.8, 4) is 11.5 Å². The van der Waals surface area contributed by atoms with Crippen molar-refractivity contribution >= 4 is 5.84 Å². The van der Waals surface area contributed by atoms with Crippen molar-refractivity contribution in [1.82, 2.24) is 0 Å². The summed E-state index contributed by atoms with van der Waals surface area (Å²) in [4.78, 5) is 0. The topological polar surface area (TPSA) is 77.1 Å². The molecule has 0 heterocycles. The van der Waals surface area contributed by atoms with Gasteiger partial charge in [-0.25, -0.2) is 4.39 Å². The van der Waals surface area contributed by atoms with Gasteiger partial charge in [0.25, 0.3) is 0 Å². The van der Waals surface area contributed by atoms with Gasteiger partial charge in [0, 0.05) is 5.56 Å². The highest BCUT2D eigenvalue weighted by molar-refractivity contribution is 5.97. The van der Waals surface area contributed by atoms with Crippen molar-refractivity contribution in [1.29, 1.82) is 0 Å². The molecule has 110 valence electrons. The molecule has 0 saturated heterocycles. The van der Waals surface area contributed by atoms with E-state index < -0.39 is 5.82 Å². The number of oxime groups is 1. The zero-order valence-electron chi connectivity index (χ0n) is 11.2. The van der Waals surface area contributed by atoms with Crippen LogP contribution in [0.2, 0.25) is 0 Å². The zero-order valence-corrected chi connectivity index (χ0v) is 11.2. The maximum absolute atomic E-state index is 13.7.